The smallest absolute Gasteiger partial charge is 0.244 e. The lowest BCUT2D eigenvalue weighted by molar-refractivity contribution is -0.116. The van der Waals surface area contributed by atoms with Crippen molar-refractivity contribution < 1.29 is 14.3 Å². The first kappa shape index (κ1) is 21.5. The Balaban J connectivity index is 1.48. The molecule has 154 valence electrons. The van der Waals surface area contributed by atoms with Crippen molar-refractivity contribution in [1.29, 1.82) is 0 Å². The molecule has 0 bridgehead atoms. The van der Waals surface area contributed by atoms with Gasteiger partial charge in [-0.2, -0.15) is 0 Å². The monoisotopic (exact) mass is 442 g/mol. The Hall–Kier alpha value is -3.23. The Labute approximate surface area is 182 Å². The number of aromatic nitrogens is 2. The maximum atomic E-state index is 11.9. The van der Waals surface area contributed by atoms with E-state index in [-0.39, 0.29) is 23.5 Å². The van der Waals surface area contributed by atoms with E-state index in [1.54, 1.807) is 42.6 Å². The lowest BCUT2D eigenvalue weighted by Gasteiger charge is -2.08. The molecular weight excluding hydrogens is 424 g/mol. The molecule has 0 saturated heterocycles. The molecule has 3 N–H and O–H groups in total. The lowest BCUT2D eigenvalue weighted by atomic mass is 10.2. The number of rotatable bonds is 8. The minimum Gasteiger partial charge on any atom is -0.489 e. The van der Waals surface area contributed by atoms with Gasteiger partial charge in [-0.1, -0.05) is 11.6 Å². The summed E-state index contributed by atoms with van der Waals surface area (Å²) in [5.41, 5.74) is 6.96. The van der Waals surface area contributed by atoms with Gasteiger partial charge in [0.05, 0.1) is 22.0 Å². The molecule has 0 atom stereocenters. The van der Waals surface area contributed by atoms with Gasteiger partial charge in [0.1, 0.15) is 12.4 Å². The molecule has 3 aromatic rings. The van der Waals surface area contributed by atoms with Crippen molar-refractivity contribution in [1.82, 2.24) is 15.3 Å². The van der Waals surface area contributed by atoms with Crippen molar-refractivity contribution in [2.75, 3.05) is 18.9 Å². The largest absolute Gasteiger partial charge is 0.489 e. The topological polar surface area (TPSA) is 107 Å². The third-order valence-corrected chi connectivity index (χ3v) is 5.39. The summed E-state index contributed by atoms with van der Waals surface area (Å²) in [5, 5.41) is 2.93. The van der Waals surface area contributed by atoms with Crippen LogP contribution in [0.4, 0.5) is 5.82 Å². The molecule has 3 rings (SSSR count). The van der Waals surface area contributed by atoms with Gasteiger partial charge in [0, 0.05) is 12.3 Å². The van der Waals surface area contributed by atoms with E-state index >= 15 is 0 Å². The number of ketones is 1. The number of carbonyl (C=O) groups excluding carboxylic acids is 2. The molecule has 0 saturated carbocycles. The van der Waals surface area contributed by atoms with Crippen molar-refractivity contribution in [2.24, 2.45) is 0 Å². The minimum atomic E-state index is -0.256. The number of Topliss-reactive ketones (excluding diaryl/α,β-unsaturated/α-hetero) is 1. The average Bonchev–Trinajstić information content (AvgIpc) is 3.22. The van der Waals surface area contributed by atoms with E-state index in [9.17, 15) is 9.59 Å². The van der Waals surface area contributed by atoms with Crippen molar-refractivity contribution in [3.8, 4) is 16.3 Å². The number of pyridine rings is 2. The molecule has 9 heteroatoms. The molecule has 30 heavy (non-hydrogen) atoms. The fraction of sp³-hybridized carbons (Fsp3) is 0.143. The van der Waals surface area contributed by atoms with Crippen LogP contribution in [-0.2, 0) is 4.79 Å². The zero-order chi connectivity index (χ0) is 21.5. The van der Waals surface area contributed by atoms with Gasteiger partial charge >= 0.3 is 0 Å². The highest BCUT2D eigenvalue weighted by Crippen LogP contribution is 2.31. The Bertz CT molecular complexity index is 1080. The van der Waals surface area contributed by atoms with E-state index in [0.717, 1.165) is 10.4 Å². The second-order valence-corrected chi connectivity index (χ2v) is 7.64. The summed E-state index contributed by atoms with van der Waals surface area (Å²) in [6.45, 7) is 2.06. The highest BCUT2D eigenvalue weighted by molar-refractivity contribution is 7.17. The molecule has 0 aromatic carbocycles. The van der Waals surface area contributed by atoms with E-state index in [0.29, 0.717) is 28.7 Å². The number of thiophene rings is 1. The number of nitrogens with two attached hydrogens (primary N) is 1. The summed E-state index contributed by atoms with van der Waals surface area (Å²) in [4.78, 5) is 33.1. The molecule has 0 aliphatic rings. The van der Waals surface area contributed by atoms with Crippen LogP contribution in [0.25, 0.3) is 16.6 Å². The average molecular weight is 443 g/mol. The zero-order valence-corrected chi connectivity index (χ0v) is 17.7. The van der Waals surface area contributed by atoms with Crippen molar-refractivity contribution >= 4 is 46.5 Å². The fourth-order valence-electron chi connectivity index (χ4n) is 2.41. The van der Waals surface area contributed by atoms with Crippen molar-refractivity contribution in [3.05, 3.63) is 64.3 Å². The quantitative estimate of drug-likeness (QED) is 0.237. The summed E-state index contributed by atoms with van der Waals surface area (Å²) in [6.07, 6.45) is 4.63. The maximum absolute atomic E-state index is 11.9. The Morgan fingerprint density at radius 2 is 2.07 bits per heavy atom. The maximum Gasteiger partial charge on any atom is 0.244 e. The number of nitrogens with zero attached hydrogens (tertiary/aromatic N) is 2. The number of nitrogen functional groups attached to an aromatic ring is 1. The molecule has 1 amide bonds. The number of hydrogen-bond donors (Lipinski definition) is 2. The standard InChI is InChI=1S/C21H19ClN4O3S/c1-13(27)17-6-7-18(30-17)15-4-5-16(21(22)26-15)29-11-10-24-20(28)9-3-14-2-8-19(23)25-12-14/h2-9,12H,10-11H2,1H3,(H2,23,25)(H,24,28). The van der Waals surface area contributed by atoms with E-state index in [4.69, 9.17) is 22.1 Å². The number of halogens is 1. The highest BCUT2D eigenvalue weighted by atomic mass is 35.5. The number of carbonyl (C=O) groups is 2. The predicted octanol–water partition coefficient (Wildman–Crippen LogP) is 3.85. The molecule has 0 fully saturated rings. The summed E-state index contributed by atoms with van der Waals surface area (Å²) in [7, 11) is 0. The molecule has 0 aliphatic heterocycles. The molecule has 0 radical (unpaired) electrons. The molecule has 3 aromatic heterocycles. The van der Waals surface area contributed by atoms with Gasteiger partial charge in [0.2, 0.25) is 5.91 Å². The highest BCUT2D eigenvalue weighted by Gasteiger charge is 2.10. The van der Waals surface area contributed by atoms with Crippen LogP contribution in [0.2, 0.25) is 5.15 Å². The first-order valence-electron chi connectivity index (χ1n) is 9.00. The minimum absolute atomic E-state index is 0.0133. The number of nitrogens with one attached hydrogen (secondary N) is 1. The van der Waals surface area contributed by atoms with Crippen LogP contribution in [0.1, 0.15) is 22.2 Å². The summed E-state index contributed by atoms with van der Waals surface area (Å²) in [5.74, 6) is 0.598. The first-order valence-corrected chi connectivity index (χ1v) is 10.2. The number of amides is 1. The van der Waals surface area contributed by atoms with Gasteiger partial charge < -0.3 is 15.8 Å². The SMILES string of the molecule is CC(=O)c1ccc(-c2ccc(OCCNC(=O)C=Cc3ccc(N)nc3)c(Cl)n2)s1. The third-order valence-electron chi connectivity index (χ3n) is 3.92. The van der Waals surface area contributed by atoms with E-state index in [1.807, 2.05) is 6.07 Å². The van der Waals surface area contributed by atoms with Gasteiger partial charge in [-0.15, -0.1) is 11.3 Å². The van der Waals surface area contributed by atoms with Crippen LogP contribution in [-0.4, -0.2) is 34.8 Å². The van der Waals surface area contributed by atoms with Crippen LogP contribution >= 0.6 is 22.9 Å². The second kappa shape index (κ2) is 10.00. The van der Waals surface area contributed by atoms with Gasteiger partial charge in [0.15, 0.2) is 16.7 Å². The van der Waals surface area contributed by atoms with Crippen molar-refractivity contribution in [3.63, 3.8) is 0 Å². The van der Waals surface area contributed by atoms with Crippen LogP contribution in [0.3, 0.4) is 0 Å². The van der Waals surface area contributed by atoms with E-state index in [2.05, 4.69) is 15.3 Å². The molecule has 3 heterocycles. The molecule has 7 nitrogen and oxygen atoms in total. The Morgan fingerprint density at radius 3 is 2.73 bits per heavy atom. The Morgan fingerprint density at radius 1 is 1.23 bits per heavy atom. The van der Waals surface area contributed by atoms with Gasteiger partial charge in [-0.05, 0) is 55.0 Å². The molecule has 0 spiro atoms. The molecular formula is C21H19ClN4O3S. The van der Waals surface area contributed by atoms with Gasteiger partial charge in [0.25, 0.3) is 0 Å². The van der Waals surface area contributed by atoms with Crippen LogP contribution in [0.15, 0.2) is 48.7 Å². The number of hydrogen-bond acceptors (Lipinski definition) is 7. The van der Waals surface area contributed by atoms with E-state index < -0.39 is 0 Å². The number of ether oxygens (including phenoxy) is 1. The van der Waals surface area contributed by atoms with Gasteiger partial charge in [-0.3, -0.25) is 9.59 Å². The first-order chi connectivity index (χ1) is 14.4. The van der Waals surface area contributed by atoms with Crippen molar-refractivity contribution in [2.45, 2.75) is 6.92 Å². The van der Waals surface area contributed by atoms with E-state index in [1.165, 1.54) is 24.3 Å². The predicted molar refractivity (Wildman–Crippen MR) is 119 cm³/mol. The third kappa shape index (κ3) is 5.88. The van der Waals surface area contributed by atoms with Crippen LogP contribution in [0.5, 0.6) is 5.75 Å². The summed E-state index contributed by atoms with van der Waals surface area (Å²) < 4.78 is 5.59. The van der Waals surface area contributed by atoms with Crippen LogP contribution < -0.4 is 15.8 Å². The summed E-state index contributed by atoms with van der Waals surface area (Å²) in [6, 6.07) is 10.5. The zero-order valence-electron chi connectivity index (χ0n) is 16.1. The molecule has 0 unspecified atom stereocenters. The normalized spacial score (nSPS) is 10.9. The lowest BCUT2D eigenvalue weighted by Crippen LogP contribution is -2.26. The summed E-state index contributed by atoms with van der Waals surface area (Å²) >= 11 is 7.57. The Kier molecular flexibility index (Phi) is 7.16. The number of anilines is 1. The molecule has 0 aliphatic carbocycles. The fourth-order valence-corrected chi connectivity index (χ4v) is 3.49. The van der Waals surface area contributed by atoms with Crippen LogP contribution in [0, 0.1) is 0 Å². The second-order valence-electron chi connectivity index (χ2n) is 6.19. The van der Waals surface area contributed by atoms with Gasteiger partial charge in [-0.25, -0.2) is 9.97 Å².